The first-order chi connectivity index (χ1) is 10.3. The van der Waals surface area contributed by atoms with E-state index in [0.29, 0.717) is 5.75 Å². The summed E-state index contributed by atoms with van der Waals surface area (Å²) < 4.78 is 0.145. The van der Waals surface area contributed by atoms with Gasteiger partial charge in [-0.1, -0.05) is 44.5 Å². The lowest BCUT2D eigenvalue weighted by atomic mass is 10.2. The molecule has 22 heavy (non-hydrogen) atoms. The fraction of sp³-hybridized carbons (Fsp3) is 0.588. The fourth-order valence-corrected chi connectivity index (χ4v) is 3.24. The van der Waals surface area contributed by atoms with Crippen LogP contribution >= 0.6 is 23.4 Å². The van der Waals surface area contributed by atoms with E-state index >= 15 is 0 Å². The van der Waals surface area contributed by atoms with E-state index in [-0.39, 0.29) is 10.7 Å². The summed E-state index contributed by atoms with van der Waals surface area (Å²) >= 11 is 7.63. The van der Waals surface area contributed by atoms with Gasteiger partial charge in [0.25, 0.3) is 0 Å². The molecule has 0 unspecified atom stereocenters. The van der Waals surface area contributed by atoms with Crippen molar-refractivity contribution in [1.82, 2.24) is 9.80 Å². The predicted octanol–water partition coefficient (Wildman–Crippen LogP) is 3.52. The number of nitrogens with zero attached hydrogens (tertiary/aromatic N) is 2. The molecule has 1 aliphatic heterocycles. The number of hydrogen-bond donors (Lipinski definition) is 0. The molecule has 0 aromatic heterocycles. The van der Waals surface area contributed by atoms with Crippen LogP contribution in [-0.4, -0.2) is 52.4 Å². The van der Waals surface area contributed by atoms with E-state index in [2.05, 4.69) is 37.8 Å². The van der Waals surface area contributed by atoms with Gasteiger partial charge in [0.05, 0.1) is 5.75 Å². The first kappa shape index (κ1) is 17.6. The second-order valence-electron chi connectivity index (χ2n) is 6.68. The lowest BCUT2D eigenvalue weighted by Gasteiger charge is -2.35. The highest BCUT2D eigenvalue weighted by molar-refractivity contribution is 8.01. The predicted molar refractivity (Wildman–Crippen MR) is 95.5 cm³/mol. The quantitative estimate of drug-likeness (QED) is 0.838. The number of amides is 1. The summed E-state index contributed by atoms with van der Waals surface area (Å²) in [5, 5.41) is 0.774. The summed E-state index contributed by atoms with van der Waals surface area (Å²) in [6.07, 6.45) is 0. The highest BCUT2D eigenvalue weighted by Crippen LogP contribution is 2.23. The Morgan fingerprint density at radius 3 is 2.27 bits per heavy atom. The second-order valence-corrected chi connectivity index (χ2v) is 8.92. The number of hydrogen-bond acceptors (Lipinski definition) is 3. The Hall–Kier alpha value is -0.710. The summed E-state index contributed by atoms with van der Waals surface area (Å²) in [4.78, 5) is 16.6. The van der Waals surface area contributed by atoms with Gasteiger partial charge in [-0.05, 0) is 17.7 Å². The summed E-state index contributed by atoms with van der Waals surface area (Å²) in [5.74, 6) is 0.854. The summed E-state index contributed by atoms with van der Waals surface area (Å²) in [7, 11) is 0. The smallest absolute Gasteiger partial charge is 0.232 e. The first-order valence-electron chi connectivity index (χ1n) is 7.72. The molecule has 0 bridgehead atoms. The standard InChI is InChI=1S/C17H25ClN2OS/c1-17(2,3)22-13-16(21)20-10-8-19(9-11-20)12-14-4-6-15(18)7-5-14/h4-7H,8-13H2,1-3H3. The average Bonchev–Trinajstić information content (AvgIpc) is 2.47. The molecule has 1 fully saturated rings. The lowest BCUT2D eigenvalue weighted by Crippen LogP contribution is -2.49. The molecule has 2 rings (SSSR count). The Kier molecular flexibility index (Phi) is 6.18. The molecule has 1 saturated heterocycles. The molecule has 0 N–H and O–H groups in total. The summed E-state index contributed by atoms with van der Waals surface area (Å²) in [5.41, 5.74) is 1.27. The Morgan fingerprint density at radius 2 is 1.73 bits per heavy atom. The molecule has 1 amide bonds. The molecule has 0 radical (unpaired) electrons. The largest absolute Gasteiger partial charge is 0.339 e. The number of halogens is 1. The van der Waals surface area contributed by atoms with E-state index in [9.17, 15) is 4.79 Å². The zero-order chi connectivity index (χ0) is 16.2. The van der Waals surface area contributed by atoms with Crippen molar-refractivity contribution in [1.29, 1.82) is 0 Å². The van der Waals surface area contributed by atoms with Crippen LogP contribution in [0.15, 0.2) is 24.3 Å². The van der Waals surface area contributed by atoms with Crippen LogP contribution in [0.3, 0.4) is 0 Å². The maximum atomic E-state index is 12.2. The molecule has 0 atom stereocenters. The van der Waals surface area contributed by atoms with Crippen LogP contribution in [0.2, 0.25) is 5.02 Å². The molecule has 0 aliphatic carbocycles. The van der Waals surface area contributed by atoms with E-state index in [0.717, 1.165) is 37.7 Å². The third kappa shape index (κ3) is 5.82. The zero-order valence-electron chi connectivity index (χ0n) is 13.6. The third-order valence-electron chi connectivity index (χ3n) is 3.67. The highest BCUT2D eigenvalue weighted by Gasteiger charge is 2.22. The van der Waals surface area contributed by atoms with Crippen molar-refractivity contribution < 1.29 is 4.79 Å². The van der Waals surface area contributed by atoms with Gasteiger partial charge in [0.1, 0.15) is 0 Å². The summed E-state index contributed by atoms with van der Waals surface area (Å²) in [6.45, 7) is 10.9. The van der Waals surface area contributed by atoms with Crippen molar-refractivity contribution in [3.8, 4) is 0 Å². The van der Waals surface area contributed by atoms with E-state index in [1.54, 1.807) is 11.8 Å². The number of piperazine rings is 1. The molecular formula is C17H25ClN2OS. The number of benzene rings is 1. The minimum absolute atomic E-state index is 0.145. The minimum Gasteiger partial charge on any atom is -0.339 e. The van der Waals surface area contributed by atoms with Gasteiger partial charge in [-0.25, -0.2) is 0 Å². The Balaban J connectivity index is 1.75. The van der Waals surface area contributed by atoms with E-state index < -0.39 is 0 Å². The average molecular weight is 341 g/mol. The van der Waals surface area contributed by atoms with E-state index in [1.165, 1.54) is 5.56 Å². The van der Waals surface area contributed by atoms with Gasteiger partial charge in [-0.2, -0.15) is 0 Å². The number of rotatable bonds is 4. The molecule has 0 saturated carbocycles. The number of thioether (sulfide) groups is 1. The Bertz CT molecular complexity index is 490. The highest BCUT2D eigenvalue weighted by atomic mass is 35.5. The van der Waals surface area contributed by atoms with Gasteiger partial charge in [-0.15, -0.1) is 11.8 Å². The molecule has 0 spiro atoms. The molecular weight excluding hydrogens is 316 g/mol. The number of carbonyl (C=O) groups is 1. The van der Waals surface area contributed by atoms with Gasteiger partial charge in [0, 0.05) is 42.5 Å². The molecule has 122 valence electrons. The maximum absolute atomic E-state index is 12.2. The fourth-order valence-electron chi connectivity index (χ4n) is 2.37. The zero-order valence-corrected chi connectivity index (χ0v) is 15.2. The third-order valence-corrected chi connectivity index (χ3v) is 5.18. The second kappa shape index (κ2) is 7.71. The normalized spacial score (nSPS) is 16.8. The van der Waals surface area contributed by atoms with E-state index in [4.69, 9.17) is 11.6 Å². The molecule has 1 aromatic carbocycles. The van der Waals surface area contributed by atoms with Gasteiger partial charge in [-0.3, -0.25) is 9.69 Å². The monoisotopic (exact) mass is 340 g/mol. The van der Waals surface area contributed by atoms with Crippen molar-refractivity contribution in [2.75, 3.05) is 31.9 Å². The van der Waals surface area contributed by atoms with Crippen LogP contribution in [-0.2, 0) is 11.3 Å². The lowest BCUT2D eigenvalue weighted by molar-refractivity contribution is -0.130. The molecule has 5 heteroatoms. The van der Waals surface area contributed by atoms with Crippen molar-refractivity contribution in [2.45, 2.75) is 32.1 Å². The van der Waals surface area contributed by atoms with Gasteiger partial charge >= 0.3 is 0 Å². The van der Waals surface area contributed by atoms with Crippen LogP contribution in [0.25, 0.3) is 0 Å². The van der Waals surface area contributed by atoms with Crippen LogP contribution in [0.1, 0.15) is 26.3 Å². The number of carbonyl (C=O) groups excluding carboxylic acids is 1. The van der Waals surface area contributed by atoms with Crippen LogP contribution in [0.5, 0.6) is 0 Å². The van der Waals surface area contributed by atoms with Gasteiger partial charge < -0.3 is 4.90 Å². The molecule has 1 aromatic rings. The van der Waals surface area contributed by atoms with Crippen LogP contribution < -0.4 is 0 Å². The van der Waals surface area contributed by atoms with Gasteiger partial charge in [0.2, 0.25) is 5.91 Å². The summed E-state index contributed by atoms with van der Waals surface area (Å²) in [6, 6.07) is 8.00. The van der Waals surface area contributed by atoms with Crippen molar-refractivity contribution >= 4 is 29.3 Å². The SMILES string of the molecule is CC(C)(C)SCC(=O)N1CCN(Cc2ccc(Cl)cc2)CC1. The molecule has 3 nitrogen and oxygen atoms in total. The maximum Gasteiger partial charge on any atom is 0.232 e. The van der Waals surface area contributed by atoms with Crippen molar-refractivity contribution in [3.63, 3.8) is 0 Å². The minimum atomic E-state index is 0.145. The van der Waals surface area contributed by atoms with Crippen molar-refractivity contribution in [2.24, 2.45) is 0 Å². The Morgan fingerprint density at radius 1 is 1.14 bits per heavy atom. The molecule has 1 heterocycles. The Labute approximate surface area is 143 Å². The van der Waals surface area contributed by atoms with Crippen molar-refractivity contribution in [3.05, 3.63) is 34.9 Å². The topological polar surface area (TPSA) is 23.6 Å². The van der Waals surface area contributed by atoms with E-state index in [1.807, 2.05) is 17.0 Å². The van der Waals surface area contributed by atoms with Crippen LogP contribution in [0, 0.1) is 0 Å². The van der Waals surface area contributed by atoms with Gasteiger partial charge in [0.15, 0.2) is 0 Å². The molecule has 1 aliphatic rings. The van der Waals surface area contributed by atoms with Crippen LogP contribution in [0.4, 0.5) is 0 Å². The first-order valence-corrected chi connectivity index (χ1v) is 9.08.